The highest BCUT2D eigenvalue weighted by Gasteiger charge is 2.41. The minimum atomic E-state index is 0.339. The van der Waals surface area contributed by atoms with Crippen LogP contribution in [0, 0.1) is 0 Å². The molecule has 4 heterocycles. The van der Waals surface area contributed by atoms with Crippen molar-refractivity contribution in [3.8, 4) is 0 Å². The van der Waals surface area contributed by atoms with Crippen LogP contribution in [0.2, 0.25) is 0 Å². The van der Waals surface area contributed by atoms with Gasteiger partial charge in [0, 0.05) is 23.9 Å². The second-order valence-electron chi connectivity index (χ2n) is 6.13. The van der Waals surface area contributed by atoms with Gasteiger partial charge in [-0.25, -0.2) is 4.98 Å². The second kappa shape index (κ2) is 6.13. The van der Waals surface area contributed by atoms with Gasteiger partial charge in [0.2, 0.25) is 0 Å². The van der Waals surface area contributed by atoms with E-state index in [0.29, 0.717) is 24.8 Å². The molecule has 7 heteroatoms. The Morgan fingerprint density at radius 2 is 2.35 bits per heavy atom. The Balaban J connectivity index is 1.38. The van der Waals surface area contributed by atoms with Gasteiger partial charge >= 0.3 is 0 Å². The van der Waals surface area contributed by atoms with Gasteiger partial charge in [-0.1, -0.05) is 0 Å². The van der Waals surface area contributed by atoms with Crippen molar-refractivity contribution in [2.45, 2.75) is 44.1 Å². The average molecular weight is 378 g/mol. The first-order valence-corrected chi connectivity index (χ1v) is 8.76. The molecule has 0 spiro atoms. The molecule has 3 unspecified atom stereocenters. The van der Waals surface area contributed by atoms with Crippen LogP contribution in [0.15, 0.2) is 34.0 Å². The van der Waals surface area contributed by atoms with Crippen LogP contribution in [0.1, 0.15) is 25.0 Å². The Labute approximate surface area is 143 Å². The van der Waals surface area contributed by atoms with E-state index in [4.69, 9.17) is 4.74 Å². The summed E-state index contributed by atoms with van der Waals surface area (Å²) in [5.74, 6) is 0.810. The van der Waals surface area contributed by atoms with Crippen LogP contribution < -0.4 is 10.6 Å². The van der Waals surface area contributed by atoms with Crippen molar-refractivity contribution in [2.75, 3.05) is 7.05 Å². The second-order valence-corrected chi connectivity index (χ2v) is 7.05. The molecule has 2 aliphatic heterocycles. The van der Waals surface area contributed by atoms with E-state index in [1.54, 1.807) is 7.05 Å². The minimum absolute atomic E-state index is 0.339. The molecule has 2 bridgehead atoms. The number of ether oxygens (including phenoxy) is 1. The number of guanidine groups is 1. The number of aliphatic imine (C=N–C) groups is 1. The lowest BCUT2D eigenvalue weighted by molar-refractivity contribution is 0.0992. The van der Waals surface area contributed by atoms with Crippen LogP contribution in [0.5, 0.6) is 0 Å². The summed E-state index contributed by atoms with van der Waals surface area (Å²) in [5.41, 5.74) is 1.92. The number of hydrogen-bond donors (Lipinski definition) is 2. The molecule has 3 atom stereocenters. The van der Waals surface area contributed by atoms with Gasteiger partial charge in [0.1, 0.15) is 5.65 Å². The summed E-state index contributed by atoms with van der Waals surface area (Å²) in [6, 6.07) is 4.36. The number of hydrogen-bond acceptors (Lipinski definition) is 3. The topological polar surface area (TPSA) is 63.0 Å². The first-order valence-electron chi connectivity index (χ1n) is 7.97. The number of imidazole rings is 1. The van der Waals surface area contributed by atoms with Gasteiger partial charge in [-0.3, -0.25) is 4.99 Å². The molecule has 2 saturated heterocycles. The maximum atomic E-state index is 5.88. The fourth-order valence-electron chi connectivity index (χ4n) is 3.44. The molecule has 0 aliphatic carbocycles. The standard InChI is InChI=1S/C16H20BrN5O/c1-18-16(21-13-6-12-3-4-14(13)23-12)19-7-11-9-22-8-10(17)2-5-15(22)20-11/h2,5,8-9,12-14H,3-4,6-7H2,1H3,(H2,18,19,21). The molecule has 2 aromatic rings. The molecule has 2 N–H and O–H groups in total. The molecular weight excluding hydrogens is 358 g/mol. The van der Waals surface area contributed by atoms with E-state index in [9.17, 15) is 0 Å². The molecular formula is C16H20BrN5O. The maximum Gasteiger partial charge on any atom is 0.191 e. The summed E-state index contributed by atoms with van der Waals surface area (Å²) in [4.78, 5) is 8.92. The molecule has 6 nitrogen and oxygen atoms in total. The number of fused-ring (bicyclic) bond motifs is 3. The Bertz CT molecular complexity index is 743. The number of pyridine rings is 1. The van der Waals surface area contributed by atoms with Crippen molar-refractivity contribution in [2.24, 2.45) is 4.99 Å². The summed E-state index contributed by atoms with van der Waals surface area (Å²) in [7, 11) is 1.80. The van der Waals surface area contributed by atoms with Crippen LogP contribution in [0.4, 0.5) is 0 Å². The number of nitrogens with zero attached hydrogens (tertiary/aromatic N) is 3. The van der Waals surface area contributed by atoms with Gasteiger partial charge in [0.15, 0.2) is 5.96 Å². The largest absolute Gasteiger partial charge is 0.373 e. The summed E-state index contributed by atoms with van der Waals surface area (Å²) >= 11 is 3.47. The highest BCUT2D eigenvalue weighted by molar-refractivity contribution is 9.10. The van der Waals surface area contributed by atoms with Gasteiger partial charge in [-0.2, -0.15) is 0 Å². The third kappa shape index (κ3) is 3.07. The number of nitrogens with one attached hydrogen (secondary N) is 2. The van der Waals surface area contributed by atoms with Gasteiger partial charge in [0.05, 0.1) is 30.5 Å². The highest BCUT2D eigenvalue weighted by atomic mass is 79.9. The lowest BCUT2D eigenvalue weighted by atomic mass is 9.96. The van der Waals surface area contributed by atoms with E-state index in [2.05, 4.69) is 36.5 Å². The van der Waals surface area contributed by atoms with E-state index >= 15 is 0 Å². The van der Waals surface area contributed by atoms with E-state index in [1.165, 1.54) is 6.42 Å². The zero-order valence-corrected chi connectivity index (χ0v) is 14.6. The third-order valence-corrected chi connectivity index (χ3v) is 5.02. The predicted octanol–water partition coefficient (Wildman–Crippen LogP) is 2.08. The summed E-state index contributed by atoms with van der Waals surface area (Å²) in [6.07, 6.45) is 8.24. The Kier molecular flexibility index (Phi) is 3.98. The van der Waals surface area contributed by atoms with Crippen LogP contribution in [0.25, 0.3) is 5.65 Å². The fraction of sp³-hybridized carbons (Fsp3) is 0.500. The Morgan fingerprint density at radius 3 is 3.09 bits per heavy atom. The summed E-state index contributed by atoms with van der Waals surface area (Å²) in [5, 5.41) is 6.83. The highest BCUT2D eigenvalue weighted by Crippen LogP contribution is 2.34. The molecule has 2 aliphatic rings. The van der Waals surface area contributed by atoms with Crippen molar-refractivity contribution in [1.29, 1.82) is 0 Å². The normalized spacial score (nSPS) is 26.9. The van der Waals surface area contributed by atoms with E-state index < -0.39 is 0 Å². The molecule has 0 radical (unpaired) electrons. The monoisotopic (exact) mass is 377 g/mol. The van der Waals surface area contributed by atoms with Crippen LogP contribution >= 0.6 is 15.9 Å². The quantitative estimate of drug-likeness (QED) is 0.634. The molecule has 0 saturated carbocycles. The third-order valence-electron chi connectivity index (χ3n) is 4.55. The van der Waals surface area contributed by atoms with Gasteiger partial charge in [-0.15, -0.1) is 0 Å². The lowest BCUT2D eigenvalue weighted by Gasteiger charge is -2.22. The van der Waals surface area contributed by atoms with Gasteiger partial charge in [0.25, 0.3) is 0 Å². The first kappa shape index (κ1) is 15.0. The molecule has 2 fully saturated rings. The SMILES string of the molecule is CN=C(NCc1cn2cc(Br)ccc2n1)NC1CC2CCC1O2. The number of halogens is 1. The first-order chi connectivity index (χ1) is 11.2. The van der Waals surface area contributed by atoms with Crippen molar-refractivity contribution in [3.63, 3.8) is 0 Å². The van der Waals surface area contributed by atoms with E-state index in [1.807, 2.05) is 28.9 Å². The van der Waals surface area contributed by atoms with E-state index in [0.717, 1.165) is 34.6 Å². The van der Waals surface area contributed by atoms with Crippen LogP contribution in [-0.2, 0) is 11.3 Å². The van der Waals surface area contributed by atoms with E-state index in [-0.39, 0.29) is 0 Å². The van der Waals surface area contributed by atoms with Crippen molar-refractivity contribution >= 4 is 27.5 Å². The fourth-order valence-corrected chi connectivity index (χ4v) is 3.79. The predicted molar refractivity (Wildman–Crippen MR) is 92.5 cm³/mol. The Morgan fingerprint density at radius 1 is 1.43 bits per heavy atom. The smallest absolute Gasteiger partial charge is 0.191 e. The molecule has 23 heavy (non-hydrogen) atoms. The Hall–Kier alpha value is -1.60. The molecule has 122 valence electrons. The lowest BCUT2D eigenvalue weighted by Crippen LogP contribution is -2.47. The zero-order chi connectivity index (χ0) is 15.8. The molecule has 4 rings (SSSR count). The van der Waals surface area contributed by atoms with Crippen molar-refractivity contribution in [1.82, 2.24) is 20.0 Å². The van der Waals surface area contributed by atoms with Crippen LogP contribution in [0.3, 0.4) is 0 Å². The number of aromatic nitrogens is 2. The molecule has 2 aromatic heterocycles. The number of rotatable bonds is 3. The molecule has 0 amide bonds. The average Bonchev–Trinajstić information content (AvgIpc) is 3.25. The van der Waals surface area contributed by atoms with Gasteiger partial charge < -0.3 is 19.8 Å². The van der Waals surface area contributed by atoms with Gasteiger partial charge in [-0.05, 0) is 47.3 Å². The van der Waals surface area contributed by atoms with Crippen molar-refractivity contribution < 1.29 is 4.74 Å². The molecule has 0 aromatic carbocycles. The summed E-state index contributed by atoms with van der Waals surface area (Å²) < 4.78 is 8.93. The summed E-state index contributed by atoms with van der Waals surface area (Å²) in [6.45, 7) is 0.640. The maximum absolute atomic E-state index is 5.88. The van der Waals surface area contributed by atoms with Crippen molar-refractivity contribution in [3.05, 3.63) is 34.7 Å². The zero-order valence-electron chi connectivity index (χ0n) is 13.0. The van der Waals surface area contributed by atoms with Crippen LogP contribution in [-0.4, -0.2) is 40.6 Å². The minimum Gasteiger partial charge on any atom is -0.373 e.